The minimum absolute atomic E-state index is 0.436. The van der Waals surface area contributed by atoms with Gasteiger partial charge in [0.1, 0.15) is 0 Å². The Morgan fingerprint density at radius 2 is 1.16 bits per heavy atom. The number of benzene rings is 3. The second kappa shape index (κ2) is 6.57. The van der Waals surface area contributed by atoms with Crippen LogP contribution in [0.15, 0.2) is 68.0 Å². The maximum Gasteiger partial charge on any atom is 0.0541 e. The molecule has 0 saturated heterocycles. The van der Waals surface area contributed by atoms with Gasteiger partial charge in [-0.2, -0.15) is 0 Å². The van der Waals surface area contributed by atoms with E-state index in [0.29, 0.717) is 5.92 Å². The normalized spacial score (nSPS) is 11.8. The zero-order valence-corrected chi connectivity index (χ0v) is 18.6. The summed E-state index contributed by atoms with van der Waals surface area (Å²) in [7, 11) is 0. The van der Waals surface area contributed by atoms with Crippen LogP contribution in [0.1, 0.15) is 25.3 Å². The molecule has 0 aliphatic carbocycles. The van der Waals surface area contributed by atoms with Gasteiger partial charge in [-0.25, -0.2) is 0 Å². The van der Waals surface area contributed by atoms with Crippen molar-refractivity contribution in [3.05, 3.63) is 73.6 Å². The molecule has 0 fully saturated rings. The number of nitrogens with zero attached hydrogens (tertiary/aromatic N) is 1. The fourth-order valence-electron chi connectivity index (χ4n) is 3.42. The van der Waals surface area contributed by atoms with Gasteiger partial charge in [0, 0.05) is 29.9 Å². The number of halogens is 3. The first-order valence-electron chi connectivity index (χ1n) is 8.15. The van der Waals surface area contributed by atoms with Crippen molar-refractivity contribution in [1.82, 2.24) is 4.57 Å². The van der Waals surface area contributed by atoms with Crippen LogP contribution in [0.5, 0.6) is 0 Å². The molecular weight excluding hydrogens is 506 g/mol. The maximum absolute atomic E-state index is 3.62. The van der Waals surface area contributed by atoms with Gasteiger partial charge in [-0.05, 0) is 66.1 Å². The van der Waals surface area contributed by atoms with E-state index in [9.17, 15) is 0 Å². The highest BCUT2D eigenvalue weighted by molar-refractivity contribution is 9.11. The first-order chi connectivity index (χ1) is 12.0. The molecule has 126 valence electrons. The molecule has 0 saturated carbocycles. The van der Waals surface area contributed by atoms with Gasteiger partial charge in [-0.3, -0.25) is 0 Å². The fourth-order valence-corrected chi connectivity index (χ4v) is 4.52. The monoisotopic (exact) mass is 519 g/mol. The molecule has 3 aromatic carbocycles. The van der Waals surface area contributed by atoms with Crippen LogP contribution in [-0.2, 0) is 0 Å². The number of fused-ring (bicyclic) bond motifs is 3. The third-order valence-electron chi connectivity index (χ3n) is 4.54. The van der Waals surface area contributed by atoms with E-state index in [1.807, 2.05) is 0 Å². The first-order valence-corrected chi connectivity index (χ1v) is 10.5. The van der Waals surface area contributed by atoms with E-state index in [-0.39, 0.29) is 0 Å². The average Bonchev–Trinajstić information content (AvgIpc) is 2.88. The molecule has 0 amide bonds. The van der Waals surface area contributed by atoms with Gasteiger partial charge < -0.3 is 4.57 Å². The fraction of sp³-hybridized carbons (Fsp3) is 0.143. The molecule has 4 aromatic rings. The van der Waals surface area contributed by atoms with Gasteiger partial charge in [0.05, 0.1) is 11.0 Å². The quantitative estimate of drug-likeness (QED) is 0.250. The summed E-state index contributed by atoms with van der Waals surface area (Å²) in [6, 6.07) is 19.6. The molecule has 1 nitrogen and oxygen atoms in total. The van der Waals surface area contributed by atoms with Crippen LogP contribution >= 0.6 is 47.8 Å². The number of rotatable bonds is 2. The van der Waals surface area contributed by atoms with Crippen LogP contribution in [0.3, 0.4) is 0 Å². The van der Waals surface area contributed by atoms with Crippen molar-refractivity contribution in [2.24, 2.45) is 0 Å². The van der Waals surface area contributed by atoms with Crippen molar-refractivity contribution < 1.29 is 0 Å². The summed E-state index contributed by atoms with van der Waals surface area (Å²) >= 11 is 10.9. The lowest BCUT2D eigenvalue weighted by Crippen LogP contribution is -2.01. The summed E-state index contributed by atoms with van der Waals surface area (Å²) in [6.45, 7) is 4.48. The van der Waals surface area contributed by atoms with Crippen LogP contribution in [-0.4, -0.2) is 4.57 Å². The van der Waals surface area contributed by atoms with Gasteiger partial charge >= 0.3 is 0 Å². The molecule has 0 unspecified atom stereocenters. The molecule has 4 heteroatoms. The molecule has 4 rings (SSSR count). The van der Waals surface area contributed by atoms with Crippen LogP contribution in [0.4, 0.5) is 0 Å². The number of hydrogen-bond acceptors (Lipinski definition) is 0. The van der Waals surface area contributed by atoms with Crippen LogP contribution < -0.4 is 0 Å². The highest BCUT2D eigenvalue weighted by Crippen LogP contribution is 2.37. The molecule has 25 heavy (non-hydrogen) atoms. The standard InChI is InChI=1S/C21H16Br3N/c1-12(2)16-9-13(22)3-6-19(16)25-20-7-4-14(23)10-17(20)18-11-15(24)5-8-21(18)25/h3-12H,1-2H3. The maximum atomic E-state index is 3.62. The highest BCUT2D eigenvalue weighted by Gasteiger charge is 2.16. The largest absolute Gasteiger partial charge is 0.309 e. The van der Waals surface area contributed by atoms with E-state index in [1.54, 1.807) is 0 Å². The van der Waals surface area contributed by atoms with E-state index >= 15 is 0 Å². The van der Waals surface area contributed by atoms with Gasteiger partial charge in [0.25, 0.3) is 0 Å². The van der Waals surface area contributed by atoms with Crippen molar-refractivity contribution in [2.75, 3.05) is 0 Å². The van der Waals surface area contributed by atoms with Crippen molar-refractivity contribution in [2.45, 2.75) is 19.8 Å². The third-order valence-corrected chi connectivity index (χ3v) is 6.02. The molecule has 0 bridgehead atoms. The SMILES string of the molecule is CC(C)c1cc(Br)ccc1-n1c2ccc(Br)cc2c2cc(Br)ccc21. The summed E-state index contributed by atoms with van der Waals surface area (Å²) in [5.74, 6) is 0.436. The van der Waals surface area contributed by atoms with E-state index in [1.165, 1.54) is 33.1 Å². The summed E-state index contributed by atoms with van der Waals surface area (Å²) in [6.07, 6.45) is 0. The second-order valence-electron chi connectivity index (χ2n) is 6.52. The zero-order chi connectivity index (χ0) is 17.7. The average molecular weight is 522 g/mol. The lowest BCUT2D eigenvalue weighted by molar-refractivity contribution is 0.853. The molecule has 0 aliphatic rings. The predicted octanol–water partition coefficient (Wildman–Crippen LogP) is 8.19. The summed E-state index contributed by atoms with van der Waals surface area (Å²) in [4.78, 5) is 0. The molecule has 0 aliphatic heterocycles. The van der Waals surface area contributed by atoms with Crippen molar-refractivity contribution in [1.29, 1.82) is 0 Å². The van der Waals surface area contributed by atoms with Crippen molar-refractivity contribution in [3.8, 4) is 5.69 Å². The molecule has 0 spiro atoms. The van der Waals surface area contributed by atoms with Gasteiger partial charge in [-0.1, -0.05) is 61.6 Å². The van der Waals surface area contributed by atoms with Crippen LogP contribution in [0, 0.1) is 0 Å². The molecule has 1 heterocycles. The van der Waals surface area contributed by atoms with Crippen LogP contribution in [0.2, 0.25) is 0 Å². The summed E-state index contributed by atoms with van der Waals surface area (Å²) in [5, 5.41) is 2.51. The van der Waals surface area contributed by atoms with Crippen LogP contribution in [0.25, 0.3) is 27.5 Å². The minimum atomic E-state index is 0.436. The van der Waals surface area contributed by atoms with E-state index in [2.05, 4.69) is 121 Å². The second-order valence-corrected chi connectivity index (χ2v) is 9.26. The molecule has 0 radical (unpaired) electrons. The minimum Gasteiger partial charge on any atom is -0.309 e. The summed E-state index contributed by atoms with van der Waals surface area (Å²) < 4.78 is 5.69. The Balaban J connectivity index is 2.18. The Morgan fingerprint density at radius 1 is 0.680 bits per heavy atom. The Labute approximate surface area is 172 Å². The topological polar surface area (TPSA) is 4.93 Å². The predicted molar refractivity (Wildman–Crippen MR) is 118 cm³/mol. The van der Waals surface area contributed by atoms with E-state index in [0.717, 1.165) is 13.4 Å². The van der Waals surface area contributed by atoms with Crippen molar-refractivity contribution >= 4 is 69.6 Å². The van der Waals surface area contributed by atoms with E-state index < -0.39 is 0 Å². The van der Waals surface area contributed by atoms with Crippen molar-refractivity contribution in [3.63, 3.8) is 0 Å². The highest BCUT2D eigenvalue weighted by atomic mass is 79.9. The smallest absolute Gasteiger partial charge is 0.0541 e. The lowest BCUT2D eigenvalue weighted by atomic mass is 10.0. The third kappa shape index (κ3) is 2.98. The number of aromatic nitrogens is 1. The van der Waals surface area contributed by atoms with Gasteiger partial charge in [0.2, 0.25) is 0 Å². The number of hydrogen-bond donors (Lipinski definition) is 0. The first kappa shape index (κ1) is 17.3. The van der Waals surface area contributed by atoms with Gasteiger partial charge in [-0.15, -0.1) is 0 Å². The Kier molecular flexibility index (Phi) is 4.55. The lowest BCUT2D eigenvalue weighted by Gasteiger charge is -2.16. The molecule has 1 aromatic heterocycles. The van der Waals surface area contributed by atoms with Gasteiger partial charge in [0.15, 0.2) is 0 Å². The Morgan fingerprint density at radius 3 is 1.68 bits per heavy atom. The molecule has 0 atom stereocenters. The van der Waals surface area contributed by atoms with E-state index in [4.69, 9.17) is 0 Å². The molecule has 0 N–H and O–H groups in total. The Bertz CT molecular complexity index is 1050. The summed E-state index contributed by atoms with van der Waals surface area (Å²) in [5.41, 5.74) is 5.02. The zero-order valence-electron chi connectivity index (χ0n) is 13.9. The Hall–Kier alpha value is -1.10. The molecular formula is C21H16Br3N.